The number of nitrogens with one attached hydrogen (secondary N) is 1. The molecule has 0 fully saturated rings. The van der Waals surface area contributed by atoms with Crippen molar-refractivity contribution in [2.45, 2.75) is 18.9 Å². The van der Waals surface area contributed by atoms with Crippen molar-refractivity contribution in [3.63, 3.8) is 0 Å². The maximum absolute atomic E-state index is 10.9. The highest BCUT2D eigenvalue weighted by Crippen LogP contribution is 2.24. The number of halogens is 1. The maximum atomic E-state index is 10.9. The van der Waals surface area contributed by atoms with E-state index in [1.54, 1.807) is 13.2 Å². The van der Waals surface area contributed by atoms with Gasteiger partial charge in [0, 0.05) is 29.8 Å². The van der Waals surface area contributed by atoms with E-state index in [-0.39, 0.29) is 16.7 Å². The molecule has 0 spiro atoms. The van der Waals surface area contributed by atoms with Gasteiger partial charge in [-0.25, -0.2) is 0 Å². The van der Waals surface area contributed by atoms with Crippen LogP contribution in [0.25, 0.3) is 0 Å². The van der Waals surface area contributed by atoms with Crippen LogP contribution in [0.15, 0.2) is 18.2 Å². The molecule has 0 aliphatic carbocycles. The van der Waals surface area contributed by atoms with Gasteiger partial charge in [-0.3, -0.25) is 10.1 Å². The smallest absolute Gasteiger partial charge is 0.272 e. The average molecular weight is 273 g/mol. The lowest BCUT2D eigenvalue weighted by molar-refractivity contribution is -0.385. The SMILES string of the molecule is CNC(CCc1cc(Cl)ccc1[N+](=O)[O-])COC. The Kier molecular flexibility index (Phi) is 6.04. The first-order valence-corrected chi connectivity index (χ1v) is 6.05. The van der Waals surface area contributed by atoms with Crippen molar-refractivity contribution in [1.29, 1.82) is 0 Å². The van der Waals surface area contributed by atoms with Crippen molar-refractivity contribution in [3.8, 4) is 0 Å². The summed E-state index contributed by atoms with van der Waals surface area (Å²) in [6.07, 6.45) is 1.34. The zero-order chi connectivity index (χ0) is 13.5. The molecule has 0 saturated heterocycles. The van der Waals surface area contributed by atoms with E-state index in [1.165, 1.54) is 12.1 Å². The molecule has 1 rings (SSSR count). The molecule has 0 amide bonds. The number of nitro groups is 1. The number of nitro benzene ring substituents is 1. The van der Waals surface area contributed by atoms with Gasteiger partial charge in [0.2, 0.25) is 0 Å². The molecule has 0 aromatic heterocycles. The molecule has 1 atom stereocenters. The number of likely N-dealkylation sites (N-methyl/N-ethyl adjacent to an activating group) is 1. The van der Waals surface area contributed by atoms with Crippen LogP contribution in [0, 0.1) is 10.1 Å². The van der Waals surface area contributed by atoms with Crippen molar-refractivity contribution in [2.24, 2.45) is 0 Å². The molecule has 0 aliphatic heterocycles. The minimum atomic E-state index is -0.379. The fraction of sp³-hybridized carbons (Fsp3) is 0.500. The minimum Gasteiger partial charge on any atom is -0.383 e. The Morgan fingerprint density at radius 3 is 2.83 bits per heavy atom. The van der Waals surface area contributed by atoms with Gasteiger partial charge >= 0.3 is 0 Å². The Bertz CT molecular complexity index is 412. The van der Waals surface area contributed by atoms with Crippen LogP contribution in [0.3, 0.4) is 0 Å². The lowest BCUT2D eigenvalue weighted by atomic mass is 10.0. The normalized spacial score (nSPS) is 12.4. The molecule has 0 aliphatic rings. The number of aryl methyl sites for hydroxylation is 1. The third-order valence-corrected chi connectivity index (χ3v) is 3.01. The van der Waals surface area contributed by atoms with E-state index in [9.17, 15) is 10.1 Å². The summed E-state index contributed by atoms with van der Waals surface area (Å²) < 4.78 is 5.06. The molecular formula is C12H17ClN2O3. The second-order valence-corrected chi connectivity index (χ2v) is 4.45. The van der Waals surface area contributed by atoms with E-state index in [0.717, 1.165) is 6.42 Å². The van der Waals surface area contributed by atoms with Crippen LogP contribution in [0.2, 0.25) is 5.02 Å². The Hall–Kier alpha value is -1.17. The number of hydrogen-bond acceptors (Lipinski definition) is 4. The summed E-state index contributed by atoms with van der Waals surface area (Å²) in [5, 5.41) is 14.5. The quantitative estimate of drug-likeness (QED) is 0.611. The van der Waals surface area contributed by atoms with Crippen molar-refractivity contribution < 1.29 is 9.66 Å². The van der Waals surface area contributed by atoms with Gasteiger partial charge in [-0.1, -0.05) is 11.6 Å². The number of ether oxygens (including phenoxy) is 1. The molecule has 1 aromatic rings. The van der Waals surface area contributed by atoms with Crippen LogP contribution in [0.5, 0.6) is 0 Å². The second-order valence-electron chi connectivity index (χ2n) is 4.01. The van der Waals surface area contributed by atoms with E-state index in [0.29, 0.717) is 23.6 Å². The van der Waals surface area contributed by atoms with Gasteiger partial charge in [0.15, 0.2) is 0 Å². The zero-order valence-electron chi connectivity index (χ0n) is 10.5. The molecule has 18 heavy (non-hydrogen) atoms. The zero-order valence-corrected chi connectivity index (χ0v) is 11.2. The van der Waals surface area contributed by atoms with Crippen molar-refractivity contribution >= 4 is 17.3 Å². The highest BCUT2D eigenvalue weighted by molar-refractivity contribution is 6.30. The number of benzene rings is 1. The molecule has 0 saturated carbocycles. The first kappa shape index (κ1) is 14.9. The standard InChI is InChI=1S/C12H17ClN2O3/c1-14-11(8-18-2)5-3-9-7-10(13)4-6-12(9)15(16)17/h4,6-7,11,14H,3,5,8H2,1-2H3. The molecular weight excluding hydrogens is 256 g/mol. The number of methoxy groups -OCH3 is 1. The van der Waals surface area contributed by atoms with Crippen LogP contribution in [0.4, 0.5) is 5.69 Å². The molecule has 1 aromatic carbocycles. The predicted octanol–water partition coefficient (Wildman–Crippen LogP) is 2.42. The third-order valence-electron chi connectivity index (χ3n) is 2.78. The van der Waals surface area contributed by atoms with E-state index >= 15 is 0 Å². The summed E-state index contributed by atoms with van der Waals surface area (Å²) in [4.78, 5) is 10.5. The average Bonchev–Trinajstić information content (AvgIpc) is 2.34. The van der Waals surface area contributed by atoms with Gasteiger partial charge in [0.05, 0.1) is 11.5 Å². The number of hydrogen-bond donors (Lipinski definition) is 1. The van der Waals surface area contributed by atoms with Crippen LogP contribution in [-0.4, -0.2) is 31.7 Å². The molecule has 100 valence electrons. The van der Waals surface area contributed by atoms with Crippen LogP contribution in [-0.2, 0) is 11.2 Å². The topological polar surface area (TPSA) is 64.4 Å². The monoisotopic (exact) mass is 272 g/mol. The Morgan fingerprint density at radius 1 is 1.56 bits per heavy atom. The highest BCUT2D eigenvalue weighted by Gasteiger charge is 2.15. The van der Waals surface area contributed by atoms with Gasteiger partial charge in [-0.05, 0) is 32.0 Å². The fourth-order valence-corrected chi connectivity index (χ4v) is 1.97. The van der Waals surface area contributed by atoms with Gasteiger partial charge in [0.25, 0.3) is 5.69 Å². The molecule has 0 heterocycles. The van der Waals surface area contributed by atoms with Crippen LogP contribution >= 0.6 is 11.6 Å². The van der Waals surface area contributed by atoms with Crippen LogP contribution in [0.1, 0.15) is 12.0 Å². The minimum absolute atomic E-state index is 0.117. The maximum Gasteiger partial charge on any atom is 0.272 e. The lowest BCUT2D eigenvalue weighted by Gasteiger charge is -2.14. The summed E-state index contributed by atoms with van der Waals surface area (Å²) >= 11 is 5.87. The molecule has 1 N–H and O–H groups in total. The number of rotatable bonds is 7. The molecule has 0 bridgehead atoms. The summed E-state index contributed by atoms with van der Waals surface area (Å²) in [5.41, 5.74) is 0.774. The van der Waals surface area contributed by atoms with Gasteiger partial charge < -0.3 is 10.1 Å². The fourth-order valence-electron chi connectivity index (χ4n) is 1.77. The lowest BCUT2D eigenvalue weighted by Crippen LogP contribution is -2.30. The van der Waals surface area contributed by atoms with Crippen molar-refractivity contribution in [2.75, 3.05) is 20.8 Å². The first-order chi connectivity index (χ1) is 8.58. The van der Waals surface area contributed by atoms with Crippen molar-refractivity contribution in [3.05, 3.63) is 38.9 Å². The Labute approximate surface area is 111 Å². The van der Waals surface area contributed by atoms with E-state index < -0.39 is 0 Å². The summed E-state index contributed by atoms with van der Waals surface area (Å²) in [6.45, 7) is 0.574. The Balaban J connectivity index is 2.76. The molecule has 0 radical (unpaired) electrons. The first-order valence-electron chi connectivity index (χ1n) is 5.67. The highest BCUT2D eigenvalue weighted by atomic mass is 35.5. The molecule has 6 heteroatoms. The van der Waals surface area contributed by atoms with E-state index in [2.05, 4.69) is 5.32 Å². The van der Waals surface area contributed by atoms with E-state index in [1.807, 2.05) is 7.05 Å². The summed E-state index contributed by atoms with van der Waals surface area (Å²) in [7, 11) is 3.47. The molecule has 5 nitrogen and oxygen atoms in total. The largest absolute Gasteiger partial charge is 0.383 e. The second kappa shape index (κ2) is 7.31. The van der Waals surface area contributed by atoms with Gasteiger partial charge in [0.1, 0.15) is 0 Å². The summed E-state index contributed by atoms with van der Waals surface area (Å²) in [6, 6.07) is 4.81. The predicted molar refractivity (Wildman–Crippen MR) is 71.2 cm³/mol. The Morgan fingerprint density at radius 2 is 2.28 bits per heavy atom. The molecule has 1 unspecified atom stereocenters. The van der Waals surface area contributed by atoms with Crippen LogP contribution < -0.4 is 5.32 Å². The van der Waals surface area contributed by atoms with Gasteiger partial charge in [-0.15, -0.1) is 0 Å². The van der Waals surface area contributed by atoms with E-state index in [4.69, 9.17) is 16.3 Å². The van der Waals surface area contributed by atoms with Crippen molar-refractivity contribution in [1.82, 2.24) is 5.32 Å². The van der Waals surface area contributed by atoms with Gasteiger partial charge in [-0.2, -0.15) is 0 Å². The summed E-state index contributed by atoms with van der Waals surface area (Å²) in [5.74, 6) is 0. The number of nitrogens with zero attached hydrogens (tertiary/aromatic N) is 1. The third kappa shape index (κ3) is 4.25.